The molecule has 0 N–H and O–H groups in total. The first-order valence-corrected chi connectivity index (χ1v) is 6.41. The average molecular weight is 251 g/mol. The first-order chi connectivity index (χ1) is 8.32. The van der Waals surface area contributed by atoms with Gasteiger partial charge in [-0.2, -0.15) is 0 Å². The molecule has 2 amide bonds. The fraction of sp³-hybridized carbons (Fsp3) is 0.769. The molecule has 0 spiro atoms. The normalized spacial score (nSPS) is 39.1. The molecular weight excluding hydrogens is 234 g/mol. The van der Waals surface area contributed by atoms with Crippen molar-refractivity contribution >= 4 is 17.8 Å². The second kappa shape index (κ2) is 3.33. The van der Waals surface area contributed by atoms with Gasteiger partial charge in [-0.15, -0.1) is 0 Å². The molecule has 98 valence electrons. The third-order valence-electron chi connectivity index (χ3n) is 4.24. The maximum absolute atomic E-state index is 12.4. The van der Waals surface area contributed by atoms with E-state index in [9.17, 15) is 14.4 Å². The summed E-state index contributed by atoms with van der Waals surface area (Å²) in [6.07, 6.45) is 0.979. The SMILES string of the molecule is CC(C)(C)N1C(=O)[C@@H]2[C@H](C1=O)[C@@H]1CC[C@H]2C(=O)O1. The molecule has 3 heterocycles. The van der Waals surface area contributed by atoms with Gasteiger partial charge in [0.05, 0.1) is 17.8 Å². The number of imide groups is 1. The van der Waals surface area contributed by atoms with E-state index in [4.69, 9.17) is 4.74 Å². The number of ether oxygens (including phenoxy) is 1. The minimum Gasteiger partial charge on any atom is -0.461 e. The van der Waals surface area contributed by atoms with E-state index >= 15 is 0 Å². The molecule has 5 nitrogen and oxygen atoms in total. The zero-order valence-corrected chi connectivity index (χ0v) is 10.8. The number of carbonyl (C=O) groups is 3. The van der Waals surface area contributed by atoms with Gasteiger partial charge in [0, 0.05) is 5.54 Å². The predicted octanol–water partition coefficient (Wildman–Crippen LogP) is 0.722. The maximum atomic E-state index is 12.4. The number of esters is 1. The highest BCUT2D eigenvalue weighted by Gasteiger charge is 2.63. The summed E-state index contributed by atoms with van der Waals surface area (Å²) in [6, 6.07) is 0. The highest BCUT2D eigenvalue weighted by atomic mass is 16.5. The molecule has 3 saturated heterocycles. The van der Waals surface area contributed by atoms with E-state index in [1.54, 1.807) is 0 Å². The lowest BCUT2D eigenvalue weighted by Gasteiger charge is -2.41. The van der Waals surface area contributed by atoms with Gasteiger partial charge in [0.15, 0.2) is 0 Å². The van der Waals surface area contributed by atoms with Crippen molar-refractivity contribution < 1.29 is 19.1 Å². The van der Waals surface area contributed by atoms with E-state index < -0.39 is 29.4 Å². The lowest BCUT2D eigenvalue weighted by atomic mass is 9.69. The van der Waals surface area contributed by atoms with Crippen LogP contribution in [-0.4, -0.2) is 34.3 Å². The summed E-state index contributed by atoms with van der Waals surface area (Å²) in [5.74, 6) is -1.98. The number of carbonyl (C=O) groups excluding carboxylic acids is 3. The summed E-state index contributed by atoms with van der Waals surface area (Å²) in [5.41, 5.74) is -0.534. The summed E-state index contributed by atoms with van der Waals surface area (Å²) in [6.45, 7) is 5.51. The van der Waals surface area contributed by atoms with Gasteiger partial charge in [-0.25, -0.2) is 0 Å². The Hall–Kier alpha value is -1.39. The van der Waals surface area contributed by atoms with Crippen LogP contribution in [0.5, 0.6) is 0 Å². The second-order valence-corrected chi connectivity index (χ2v) is 6.39. The van der Waals surface area contributed by atoms with Gasteiger partial charge in [0.2, 0.25) is 11.8 Å². The van der Waals surface area contributed by atoms with Crippen LogP contribution in [0.25, 0.3) is 0 Å². The van der Waals surface area contributed by atoms with E-state index in [1.165, 1.54) is 4.90 Å². The molecule has 0 unspecified atom stereocenters. The summed E-state index contributed by atoms with van der Waals surface area (Å²) < 4.78 is 5.24. The van der Waals surface area contributed by atoms with Gasteiger partial charge in [-0.05, 0) is 33.6 Å². The largest absolute Gasteiger partial charge is 0.461 e. The lowest BCUT2D eigenvalue weighted by molar-refractivity contribution is -0.183. The molecule has 18 heavy (non-hydrogen) atoms. The topological polar surface area (TPSA) is 63.7 Å². The van der Waals surface area contributed by atoms with Gasteiger partial charge in [-0.3, -0.25) is 19.3 Å². The molecule has 1 saturated carbocycles. The molecule has 4 atom stereocenters. The Bertz CT molecular complexity index is 450. The Morgan fingerprint density at radius 1 is 1.06 bits per heavy atom. The van der Waals surface area contributed by atoms with Crippen molar-refractivity contribution in [2.24, 2.45) is 17.8 Å². The van der Waals surface area contributed by atoms with Crippen molar-refractivity contribution in [3.63, 3.8) is 0 Å². The molecule has 0 aromatic rings. The third kappa shape index (κ3) is 1.30. The lowest BCUT2D eigenvalue weighted by Crippen LogP contribution is -2.51. The number of rotatable bonds is 0. The van der Waals surface area contributed by atoms with Crippen LogP contribution in [-0.2, 0) is 19.1 Å². The molecule has 0 aromatic carbocycles. The fourth-order valence-electron chi connectivity index (χ4n) is 3.52. The second-order valence-electron chi connectivity index (χ2n) is 6.39. The summed E-state index contributed by atoms with van der Waals surface area (Å²) in [7, 11) is 0. The van der Waals surface area contributed by atoms with Gasteiger partial charge in [-0.1, -0.05) is 0 Å². The Morgan fingerprint density at radius 3 is 2.22 bits per heavy atom. The summed E-state index contributed by atoms with van der Waals surface area (Å²) >= 11 is 0. The Morgan fingerprint density at radius 2 is 1.67 bits per heavy atom. The first-order valence-electron chi connectivity index (χ1n) is 6.41. The number of hydrogen-bond acceptors (Lipinski definition) is 4. The number of nitrogens with zero attached hydrogens (tertiary/aromatic N) is 1. The molecule has 4 rings (SSSR count). The smallest absolute Gasteiger partial charge is 0.310 e. The fourth-order valence-corrected chi connectivity index (χ4v) is 3.52. The Labute approximate surface area is 105 Å². The maximum Gasteiger partial charge on any atom is 0.310 e. The standard InChI is InChI=1S/C13H17NO4/c1-13(2,3)14-10(15)8-6-4-5-7(18-12(6)17)9(8)11(14)16/h6-9H,4-5H2,1-3H3/t6-,7+,8+,9-/m1/s1. The number of likely N-dealkylation sites (tertiary alicyclic amines) is 1. The van der Waals surface area contributed by atoms with Crippen molar-refractivity contribution in [2.45, 2.75) is 45.3 Å². The van der Waals surface area contributed by atoms with Crippen LogP contribution >= 0.6 is 0 Å². The Balaban J connectivity index is 2.03. The number of hydrogen-bond donors (Lipinski definition) is 0. The zero-order valence-electron chi connectivity index (χ0n) is 10.8. The van der Waals surface area contributed by atoms with E-state index in [1.807, 2.05) is 20.8 Å². The van der Waals surface area contributed by atoms with Gasteiger partial charge in [0.25, 0.3) is 0 Å². The van der Waals surface area contributed by atoms with Crippen molar-refractivity contribution in [2.75, 3.05) is 0 Å². The van der Waals surface area contributed by atoms with Crippen LogP contribution < -0.4 is 0 Å². The average Bonchev–Trinajstić information content (AvgIpc) is 2.53. The number of amides is 2. The molecular formula is C13H17NO4. The van der Waals surface area contributed by atoms with Crippen LogP contribution in [0.15, 0.2) is 0 Å². The van der Waals surface area contributed by atoms with Gasteiger partial charge in [0.1, 0.15) is 6.10 Å². The molecule has 3 aliphatic heterocycles. The molecule has 4 aliphatic rings. The zero-order chi connectivity index (χ0) is 13.2. The van der Waals surface area contributed by atoms with Crippen molar-refractivity contribution in [1.29, 1.82) is 0 Å². The molecule has 0 radical (unpaired) electrons. The number of fused-ring (bicyclic) bond motifs is 2. The molecule has 1 aliphatic carbocycles. The van der Waals surface area contributed by atoms with Gasteiger partial charge < -0.3 is 4.74 Å². The Kier molecular flexibility index (Phi) is 2.17. The van der Waals surface area contributed by atoms with Crippen LogP contribution in [0, 0.1) is 17.8 Å². The minimum atomic E-state index is -0.534. The molecule has 4 fully saturated rings. The van der Waals surface area contributed by atoms with E-state index in [0.717, 1.165) is 0 Å². The van der Waals surface area contributed by atoms with Crippen molar-refractivity contribution in [1.82, 2.24) is 4.90 Å². The van der Waals surface area contributed by atoms with Crippen LogP contribution in [0.2, 0.25) is 0 Å². The monoisotopic (exact) mass is 251 g/mol. The highest BCUT2D eigenvalue weighted by Crippen LogP contribution is 2.49. The molecule has 5 heteroatoms. The first kappa shape index (κ1) is 11.7. The van der Waals surface area contributed by atoms with E-state index in [0.29, 0.717) is 12.8 Å². The summed E-state index contributed by atoms with van der Waals surface area (Å²) in [5, 5.41) is 0. The van der Waals surface area contributed by atoms with Crippen LogP contribution in [0.4, 0.5) is 0 Å². The van der Waals surface area contributed by atoms with Crippen molar-refractivity contribution in [3.05, 3.63) is 0 Å². The predicted molar refractivity (Wildman–Crippen MR) is 61.2 cm³/mol. The molecule has 0 aromatic heterocycles. The van der Waals surface area contributed by atoms with Gasteiger partial charge >= 0.3 is 5.97 Å². The minimum absolute atomic E-state index is 0.167. The summed E-state index contributed by atoms with van der Waals surface area (Å²) in [4.78, 5) is 37.9. The molecule has 2 bridgehead atoms. The quantitative estimate of drug-likeness (QED) is 0.470. The van der Waals surface area contributed by atoms with Crippen LogP contribution in [0.1, 0.15) is 33.6 Å². The van der Waals surface area contributed by atoms with Crippen molar-refractivity contribution in [3.8, 4) is 0 Å². The van der Waals surface area contributed by atoms with E-state index in [2.05, 4.69) is 0 Å². The third-order valence-corrected chi connectivity index (χ3v) is 4.24. The highest BCUT2D eigenvalue weighted by molar-refractivity contribution is 6.08. The van der Waals surface area contributed by atoms with Crippen LogP contribution in [0.3, 0.4) is 0 Å². The van der Waals surface area contributed by atoms with E-state index in [-0.39, 0.29) is 17.8 Å².